The number of ether oxygens (including phenoxy) is 2. The molecule has 0 radical (unpaired) electrons. The van der Waals surface area contributed by atoms with Crippen molar-refractivity contribution >= 4 is 27.3 Å². The molecule has 3 aromatic carbocycles. The van der Waals surface area contributed by atoms with Crippen LogP contribution >= 0.6 is 0 Å². The molecular formula is C23H21FN2O5S. The average molecular weight is 456 g/mol. The van der Waals surface area contributed by atoms with Crippen molar-refractivity contribution in [2.24, 2.45) is 0 Å². The third-order valence-electron chi connectivity index (χ3n) is 5.04. The van der Waals surface area contributed by atoms with Gasteiger partial charge in [0.25, 0.3) is 15.9 Å². The quantitative estimate of drug-likeness (QED) is 0.632. The number of rotatable bonds is 5. The van der Waals surface area contributed by atoms with Crippen LogP contribution in [-0.2, 0) is 14.8 Å². The molecule has 0 fully saturated rings. The fourth-order valence-corrected chi connectivity index (χ4v) is 4.83. The summed E-state index contributed by atoms with van der Waals surface area (Å²) in [5, 5.41) is 2.64. The monoisotopic (exact) mass is 456 g/mol. The predicted octanol–water partition coefficient (Wildman–Crippen LogP) is 3.74. The van der Waals surface area contributed by atoms with E-state index in [4.69, 9.17) is 9.47 Å². The Balaban J connectivity index is 1.68. The smallest absolute Gasteiger partial charge is 0.267 e. The van der Waals surface area contributed by atoms with Crippen molar-refractivity contribution in [2.75, 3.05) is 23.3 Å². The molecule has 1 aliphatic heterocycles. The van der Waals surface area contributed by atoms with Crippen LogP contribution in [0.25, 0.3) is 0 Å². The van der Waals surface area contributed by atoms with Gasteiger partial charge < -0.3 is 14.8 Å². The number of nitrogens with one attached hydrogen (secondary N) is 1. The molecule has 0 aliphatic carbocycles. The van der Waals surface area contributed by atoms with Gasteiger partial charge >= 0.3 is 0 Å². The van der Waals surface area contributed by atoms with Crippen molar-refractivity contribution < 1.29 is 27.1 Å². The Morgan fingerprint density at radius 1 is 1.09 bits per heavy atom. The maximum absolute atomic E-state index is 13.5. The van der Waals surface area contributed by atoms with Crippen molar-refractivity contribution in [2.45, 2.75) is 17.9 Å². The minimum atomic E-state index is -3.99. The van der Waals surface area contributed by atoms with Gasteiger partial charge in [-0.05, 0) is 73.2 Å². The molecule has 0 unspecified atom stereocenters. The first-order valence-corrected chi connectivity index (χ1v) is 11.2. The van der Waals surface area contributed by atoms with E-state index in [1.54, 1.807) is 30.3 Å². The Bertz CT molecular complexity index is 1240. The van der Waals surface area contributed by atoms with Gasteiger partial charge in [0, 0.05) is 5.69 Å². The number of fused-ring (bicyclic) bond motifs is 1. The average Bonchev–Trinajstić information content (AvgIpc) is 2.79. The number of amides is 1. The second kappa shape index (κ2) is 8.51. The number of nitrogens with zero attached hydrogens (tertiary/aromatic N) is 1. The second-order valence-electron chi connectivity index (χ2n) is 7.29. The van der Waals surface area contributed by atoms with E-state index in [1.807, 2.05) is 6.92 Å². The highest BCUT2D eigenvalue weighted by atomic mass is 32.2. The number of sulfonamides is 1. The molecule has 1 amide bonds. The van der Waals surface area contributed by atoms with Crippen LogP contribution < -0.4 is 19.1 Å². The number of anilines is 2. The van der Waals surface area contributed by atoms with Crippen LogP contribution in [0.3, 0.4) is 0 Å². The Kier molecular flexibility index (Phi) is 5.75. The minimum absolute atomic E-state index is 0.0596. The molecular weight excluding hydrogens is 435 g/mol. The molecule has 0 aromatic heterocycles. The number of carbonyl (C=O) groups excluding carboxylic acids is 1. The fourth-order valence-electron chi connectivity index (χ4n) is 3.36. The molecule has 4 rings (SSSR count). The van der Waals surface area contributed by atoms with Crippen LogP contribution in [0.15, 0.2) is 71.6 Å². The normalized spacial score (nSPS) is 15.5. The molecule has 0 bridgehead atoms. The van der Waals surface area contributed by atoms with E-state index in [1.165, 1.54) is 47.8 Å². The SMILES string of the molecule is COc1ccc(S(=O)(=O)N2C[C@H](C(=O)Nc3ccc(F)cc3)Oc3cc(C)ccc32)cc1. The lowest BCUT2D eigenvalue weighted by molar-refractivity contribution is -0.122. The molecule has 32 heavy (non-hydrogen) atoms. The van der Waals surface area contributed by atoms with Crippen LogP contribution in [0.4, 0.5) is 15.8 Å². The molecule has 1 heterocycles. The Morgan fingerprint density at radius 3 is 2.44 bits per heavy atom. The Labute approximate surface area is 185 Å². The number of benzene rings is 3. The van der Waals surface area contributed by atoms with Crippen molar-refractivity contribution in [1.29, 1.82) is 0 Å². The van der Waals surface area contributed by atoms with Gasteiger partial charge in [0.1, 0.15) is 17.3 Å². The van der Waals surface area contributed by atoms with Crippen LogP contribution in [-0.4, -0.2) is 34.1 Å². The van der Waals surface area contributed by atoms with E-state index in [0.717, 1.165) is 5.56 Å². The lowest BCUT2D eigenvalue weighted by atomic mass is 10.1. The maximum atomic E-state index is 13.5. The molecule has 1 aliphatic rings. The zero-order chi connectivity index (χ0) is 22.9. The summed E-state index contributed by atoms with van der Waals surface area (Å²) in [6.45, 7) is 1.62. The van der Waals surface area contributed by atoms with Crippen LogP contribution in [0.1, 0.15) is 5.56 Å². The van der Waals surface area contributed by atoms with Crippen LogP contribution in [0.2, 0.25) is 0 Å². The van der Waals surface area contributed by atoms with Crippen LogP contribution in [0.5, 0.6) is 11.5 Å². The lowest BCUT2D eigenvalue weighted by Crippen LogP contribution is -2.48. The maximum Gasteiger partial charge on any atom is 0.267 e. The van der Waals surface area contributed by atoms with E-state index >= 15 is 0 Å². The molecule has 0 spiro atoms. The van der Waals surface area contributed by atoms with Gasteiger partial charge in [-0.15, -0.1) is 0 Å². The molecule has 0 saturated heterocycles. The van der Waals surface area contributed by atoms with Crippen molar-refractivity contribution in [3.63, 3.8) is 0 Å². The van der Waals surface area contributed by atoms with Gasteiger partial charge in [0.15, 0.2) is 6.10 Å². The summed E-state index contributed by atoms with van der Waals surface area (Å²) in [5.41, 5.74) is 1.57. The fraction of sp³-hybridized carbons (Fsp3) is 0.174. The third-order valence-corrected chi connectivity index (χ3v) is 6.83. The molecule has 0 saturated carbocycles. The van der Waals surface area contributed by atoms with Crippen molar-refractivity contribution in [3.05, 3.63) is 78.1 Å². The first-order valence-electron chi connectivity index (χ1n) is 9.78. The van der Waals surface area contributed by atoms with Crippen molar-refractivity contribution in [1.82, 2.24) is 0 Å². The van der Waals surface area contributed by atoms with E-state index < -0.39 is 27.9 Å². The number of hydrogen-bond donors (Lipinski definition) is 1. The van der Waals surface area contributed by atoms with Gasteiger partial charge in [-0.3, -0.25) is 9.10 Å². The molecule has 166 valence electrons. The summed E-state index contributed by atoms with van der Waals surface area (Å²) in [5.74, 6) is -0.164. The Morgan fingerprint density at radius 2 is 1.78 bits per heavy atom. The zero-order valence-electron chi connectivity index (χ0n) is 17.4. The molecule has 3 aromatic rings. The van der Waals surface area contributed by atoms with Gasteiger partial charge in [-0.2, -0.15) is 0 Å². The van der Waals surface area contributed by atoms with Crippen LogP contribution in [0, 0.1) is 12.7 Å². The topological polar surface area (TPSA) is 84.9 Å². The highest BCUT2D eigenvalue weighted by molar-refractivity contribution is 7.92. The standard InChI is InChI=1S/C23H21FN2O5S/c1-15-3-12-20-21(13-15)31-22(23(27)25-17-6-4-16(24)5-7-17)14-26(20)32(28,29)19-10-8-18(30-2)9-11-19/h3-13,22H,14H2,1-2H3,(H,25,27)/t22-/m1/s1. The van der Waals surface area contributed by atoms with Gasteiger partial charge in [0.05, 0.1) is 24.2 Å². The highest BCUT2D eigenvalue weighted by Gasteiger charge is 2.37. The number of aryl methyl sites for hydroxylation is 1. The van der Waals surface area contributed by atoms with Gasteiger partial charge in [0.2, 0.25) is 0 Å². The van der Waals surface area contributed by atoms with E-state index in [-0.39, 0.29) is 17.2 Å². The van der Waals surface area contributed by atoms with Crippen molar-refractivity contribution in [3.8, 4) is 11.5 Å². The summed E-state index contributed by atoms with van der Waals surface area (Å²) in [6.07, 6.45) is -1.11. The molecule has 9 heteroatoms. The highest BCUT2D eigenvalue weighted by Crippen LogP contribution is 2.38. The van der Waals surface area contributed by atoms with E-state index in [2.05, 4.69) is 5.32 Å². The first-order chi connectivity index (χ1) is 15.3. The number of methoxy groups -OCH3 is 1. The zero-order valence-corrected chi connectivity index (χ0v) is 18.2. The predicted molar refractivity (Wildman–Crippen MR) is 118 cm³/mol. The van der Waals surface area contributed by atoms with Gasteiger partial charge in [-0.1, -0.05) is 6.07 Å². The van der Waals surface area contributed by atoms with Gasteiger partial charge in [-0.25, -0.2) is 12.8 Å². The Hall–Kier alpha value is -3.59. The minimum Gasteiger partial charge on any atom is -0.497 e. The first kappa shape index (κ1) is 21.6. The summed E-state index contributed by atoms with van der Waals surface area (Å²) in [4.78, 5) is 12.9. The summed E-state index contributed by atoms with van der Waals surface area (Å²) < 4.78 is 52.2. The molecule has 1 atom stereocenters. The summed E-state index contributed by atoms with van der Waals surface area (Å²) in [6, 6.07) is 16.4. The largest absolute Gasteiger partial charge is 0.497 e. The molecule has 7 nitrogen and oxygen atoms in total. The van der Waals surface area contributed by atoms with E-state index in [0.29, 0.717) is 17.1 Å². The summed E-state index contributed by atoms with van der Waals surface area (Å²) in [7, 11) is -2.50. The van der Waals surface area contributed by atoms with E-state index in [9.17, 15) is 17.6 Å². The third kappa shape index (κ3) is 4.24. The molecule has 1 N–H and O–H groups in total. The summed E-state index contributed by atoms with van der Waals surface area (Å²) >= 11 is 0. The number of carbonyl (C=O) groups is 1. The number of halogens is 1. The number of hydrogen-bond acceptors (Lipinski definition) is 5. The second-order valence-corrected chi connectivity index (χ2v) is 9.15. The lowest BCUT2D eigenvalue weighted by Gasteiger charge is -2.35.